The maximum Gasteiger partial charge on any atom is 0.183 e. The van der Waals surface area contributed by atoms with Gasteiger partial charge in [-0.1, -0.05) is 25.1 Å². The number of sulfone groups is 1. The van der Waals surface area contributed by atoms with Gasteiger partial charge in [0.05, 0.1) is 52.1 Å². The molecule has 246 valence electrons. The Morgan fingerprint density at radius 3 is 2.36 bits per heavy atom. The number of aliphatic hydroxyl groups excluding tert-OH is 2. The Balaban J connectivity index is 2.00. The van der Waals surface area contributed by atoms with Gasteiger partial charge in [-0.05, 0) is 25.6 Å². The summed E-state index contributed by atoms with van der Waals surface area (Å²) < 4.78 is 42.9. The summed E-state index contributed by atoms with van der Waals surface area (Å²) in [5, 5.41) is 33.5. The summed E-state index contributed by atoms with van der Waals surface area (Å²) in [5.41, 5.74) is 8.75. The third-order valence-electron chi connectivity index (χ3n) is 6.87. The first kappa shape index (κ1) is 35.5. The summed E-state index contributed by atoms with van der Waals surface area (Å²) in [6.07, 6.45) is 0. The molecule has 15 heteroatoms. The summed E-state index contributed by atoms with van der Waals surface area (Å²) in [5.74, 6) is 0.900. The fraction of sp³-hybridized carbons (Fsp3) is 0.433. The van der Waals surface area contributed by atoms with Crippen molar-refractivity contribution in [1.29, 1.82) is 0 Å². The van der Waals surface area contributed by atoms with Gasteiger partial charge in [-0.3, -0.25) is 0 Å². The molecule has 0 aliphatic carbocycles. The highest BCUT2D eigenvalue weighted by Crippen LogP contribution is 2.41. The molecule has 0 radical (unpaired) electrons. The van der Waals surface area contributed by atoms with E-state index >= 15 is 0 Å². The van der Waals surface area contributed by atoms with Crippen LogP contribution in [-0.2, 0) is 14.6 Å². The molecule has 3 aromatic rings. The Kier molecular flexibility index (Phi) is 13.8. The molecule has 0 atom stereocenters. The second-order valence-corrected chi connectivity index (χ2v) is 11.9. The van der Waals surface area contributed by atoms with Crippen molar-refractivity contribution in [3.63, 3.8) is 0 Å². The van der Waals surface area contributed by atoms with Crippen molar-refractivity contribution in [1.82, 2.24) is 9.88 Å². The van der Waals surface area contributed by atoms with Crippen LogP contribution >= 0.6 is 0 Å². The number of likely N-dealkylation sites (N-methyl/N-ethyl adjacent to an activating group) is 1. The van der Waals surface area contributed by atoms with Gasteiger partial charge in [0.2, 0.25) is 0 Å². The van der Waals surface area contributed by atoms with Gasteiger partial charge >= 0.3 is 0 Å². The molecular formula is C30H43N7O7S. The van der Waals surface area contributed by atoms with Crippen molar-refractivity contribution in [3.8, 4) is 11.5 Å². The smallest absolute Gasteiger partial charge is 0.183 e. The van der Waals surface area contributed by atoms with Crippen LogP contribution in [0.2, 0.25) is 0 Å². The molecule has 0 amide bonds. The Labute approximate surface area is 264 Å². The SMILES string of the molecule is CCN(CCO)CCS(=O)(=O)c1cc(OC)c(N=Nc2c(Nc3ccccc3)nc(NCCOCCO)c(N)c2C)cc1OC. The molecule has 0 fully saturated rings. The average molecular weight is 646 g/mol. The fourth-order valence-corrected chi connectivity index (χ4v) is 5.78. The first-order valence-electron chi connectivity index (χ1n) is 14.5. The van der Waals surface area contributed by atoms with Crippen LogP contribution in [-0.4, -0.2) is 101 Å². The zero-order valence-corrected chi connectivity index (χ0v) is 26.9. The third kappa shape index (κ3) is 9.73. The normalized spacial score (nSPS) is 11.7. The fourth-order valence-electron chi connectivity index (χ4n) is 4.33. The molecule has 2 aromatic carbocycles. The summed E-state index contributed by atoms with van der Waals surface area (Å²) >= 11 is 0. The van der Waals surface area contributed by atoms with Crippen LogP contribution in [0.3, 0.4) is 0 Å². The summed E-state index contributed by atoms with van der Waals surface area (Å²) in [6.45, 7) is 5.77. The zero-order chi connectivity index (χ0) is 32.8. The molecule has 6 N–H and O–H groups in total. The number of aliphatic hydroxyl groups is 2. The maximum atomic E-state index is 13.3. The predicted octanol–water partition coefficient (Wildman–Crippen LogP) is 3.66. The molecule has 0 saturated heterocycles. The van der Waals surface area contributed by atoms with Crippen molar-refractivity contribution in [2.45, 2.75) is 18.7 Å². The minimum atomic E-state index is -3.78. The molecule has 45 heavy (non-hydrogen) atoms. The molecule has 1 heterocycles. The van der Waals surface area contributed by atoms with Gasteiger partial charge in [0.1, 0.15) is 27.8 Å². The number of hydrogen-bond acceptors (Lipinski definition) is 14. The Hall–Kier alpha value is -4.02. The van der Waals surface area contributed by atoms with Crippen LogP contribution in [0.4, 0.5) is 34.4 Å². The van der Waals surface area contributed by atoms with Gasteiger partial charge in [-0.2, -0.15) is 0 Å². The van der Waals surface area contributed by atoms with E-state index in [1.54, 1.807) is 6.92 Å². The highest BCUT2D eigenvalue weighted by atomic mass is 32.2. The minimum absolute atomic E-state index is 0.0345. The second-order valence-electron chi connectivity index (χ2n) is 9.80. The summed E-state index contributed by atoms with van der Waals surface area (Å²) in [4.78, 5) is 6.49. The van der Waals surface area contributed by atoms with E-state index in [0.717, 1.165) is 5.69 Å². The first-order chi connectivity index (χ1) is 21.7. The maximum absolute atomic E-state index is 13.3. The van der Waals surface area contributed by atoms with Crippen LogP contribution < -0.4 is 25.8 Å². The van der Waals surface area contributed by atoms with Gasteiger partial charge < -0.3 is 45.7 Å². The van der Waals surface area contributed by atoms with Crippen molar-refractivity contribution < 1.29 is 32.8 Å². The highest BCUT2D eigenvalue weighted by molar-refractivity contribution is 7.91. The van der Waals surface area contributed by atoms with Crippen molar-refractivity contribution in [3.05, 3.63) is 48.0 Å². The van der Waals surface area contributed by atoms with Gasteiger partial charge in [-0.15, -0.1) is 10.2 Å². The number of anilines is 4. The zero-order valence-electron chi connectivity index (χ0n) is 26.1. The molecule has 3 rings (SSSR count). The van der Waals surface area contributed by atoms with Crippen LogP contribution in [0, 0.1) is 6.92 Å². The molecule has 14 nitrogen and oxygen atoms in total. The Morgan fingerprint density at radius 1 is 0.978 bits per heavy atom. The second kappa shape index (κ2) is 17.5. The number of para-hydroxylation sites is 1. The van der Waals surface area contributed by atoms with E-state index in [-0.39, 0.29) is 54.2 Å². The number of nitrogens with two attached hydrogens (primary N) is 1. The number of ether oxygens (including phenoxy) is 3. The van der Waals surface area contributed by atoms with Crippen molar-refractivity contribution in [2.75, 3.05) is 88.9 Å². The molecule has 0 unspecified atom stereocenters. The number of aromatic nitrogens is 1. The Bertz CT molecular complexity index is 1520. The largest absolute Gasteiger partial charge is 0.495 e. The van der Waals surface area contributed by atoms with Crippen LogP contribution in [0.5, 0.6) is 11.5 Å². The van der Waals surface area contributed by atoms with E-state index in [9.17, 15) is 13.5 Å². The van der Waals surface area contributed by atoms with E-state index in [1.807, 2.05) is 42.2 Å². The number of azo groups is 1. The van der Waals surface area contributed by atoms with Crippen molar-refractivity contribution >= 4 is 44.2 Å². The topological polar surface area (TPSA) is 193 Å². The third-order valence-corrected chi connectivity index (χ3v) is 8.58. The predicted molar refractivity (Wildman–Crippen MR) is 174 cm³/mol. The van der Waals surface area contributed by atoms with Crippen LogP contribution in [0.25, 0.3) is 0 Å². The van der Waals surface area contributed by atoms with Gasteiger partial charge in [0.15, 0.2) is 21.5 Å². The molecule has 0 aliphatic heterocycles. The van der Waals surface area contributed by atoms with E-state index in [1.165, 1.54) is 26.4 Å². The van der Waals surface area contributed by atoms with Gasteiger partial charge in [0, 0.05) is 43.0 Å². The molecular weight excluding hydrogens is 602 g/mol. The first-order valence-corrected chi connectivity index (χ1v) is 16.1. The lowest BCUT2D eigenvalue weighted by molar-refractivity contribution is 0.0992. The van der Waals surface area contributed by atoms with E-state index < -0.39 is 9.84 Å². The monoisotopic (exact) mass is 645 g/mol. The number of benzene rings is 2. The number of nitrogen functional groups attached to an aromatic ring is 1. The number of hydrogen-bond donors (Lipinski definition) is 5. The molecule has 0 spiro atoms. The molecule has 0 bridgehead atoms. The molecule has 0 saturated carbocycles. The molecule has 0 aliphatic rings. The van der Waals surface area contributed by atoms with E-state index in [2.05, 4.69) is 25.8 Å². The van der Waals surface area contributed by atoms with Crippen LogP contribution in [0.1, 0.15) is 12.5 Å². The van der Waals surface area contributed by atoms with Gasteiger partial charge in [-0.25, -0.2) is 13.4 Å². The number of rotatable bonds is 19. The van der Waals surface area contributed by atoms with Crippen LogP contribution in [0.15, 0.2) is 57.6 Å². The lowest BCUT2D eigenvalue weighted by atomic mass is 10.2. The van der Waals surface area contributed by atoms with E-state index in [0.29, 0.717) is 54.8 Å². The molecule has 1 aromatic heterocycles. The minimum Gasteiger partial charge on any atom is -0.495 e. The Morgan fingerprint density at radius 2 is 1.71 bits per heavy atom. The number of nitrogens with one attached hydrogen (secondary N) is 2. The lowest BCUT2D eigenvalue weighted by Crippen LogP contribution is -2.31. The standard InChI is InChI=1S/C30H43N7O7S/c1-5-37(12-14-38)13-18-45(40,41)26-20-24(42-3)23(19-25(26)43-4)35-36-28-21(2)27(31)29(32-11-16-44-17-15-39)34-30(28)33-22-9-7-6-8-10-22/h6-10,19-20,38-39H,5,11-18,31H2,1-4H3,(H2,32,33,34). The average Bonchev–Trinajstić information content (AvgIpc) is 3.04. The summed E-state index contributed by atoms with van der Waals surface area (Å²) in [6, 6.07) is 12.2. The summed E-state index contributed by atoms with van der Waals surface area (Å²) in [7, 11) is -0.990. The van der Waals surface area contributed by atoms with Crippen molar-refractivity contribution in [2.24, 2.45) is 10.2 Å². The number of methoxy groups -OCH3 is 2. The number of nitrogens with zero attached hydrogens (tertiary/aromatic N) is 4. The lowest BCUT2D eigenvalue weighted by Gasteiger charge is -2.19. The quantitative estimate of drug-likeness (QED) is 0.0940. The highest BCUT2D eigenvalue weighted by Gasteiger charge is 2.24. The van der Waals surface area contributed by atoms with E-state index in [4.69, 9.17) is 25.1 Å². The number of pyridine rings is 1. The van der Waals surface area contributed by atoms with Gasteiger partial charge in [0.25, 0.3) is 0 Å².